The molecule has 0 aromatic rings. The zero-order valence-corrected chi connectivity index (χ0v) is 15.2. The maximum absolute atomic E-state index is 9.63. The molecule has 0 fully saturated rings. The molecule has 0 aliphatic rings. The maximum atomic E-state index is 9.63. The average molecular weight is 327 g/mol. The molecule has 0 bridgehead atoms. The molecule has 0 aliphatic carbocycles. The Bertz CT molecular complexity index is 180. The molecular formula is C15H32Cl2OSi. The predicted molar refractivity (Wildman–Crippen MR) is 90.7 cm³/mol. The van der Waals surface area contributed by atoms with Gasteiger partial charge in [0.25, 0.3) is 0 Å². The first-order valence-corrected chi connectivity index (χ1v) is 12.4. The van der Waals surface area contributed by atoms with Gasteiger partial charge in [-0.2, -0.15) is 22.2 Å². The zero-order chi connectivity index (χ0) is 14.3. The number of aliphatic hydroxyl groups is 1. The van der Waals surface area contributed by atoms with Gasteiger partial charge in [0, 0.05) is 0 Å². The number of hydrogen-bond donors (Lipinski definition) is 1. The molecule has 0 aromatic carbocycles. The van der Waals surface area contributed by atoms with Gasteiger partial charge in [0.05, 0.1) is 6.10 Å². The monoisotopic (exact) mass is 326 g/mol. The number of halogens is 2. The molecule has 1 atom stereocenters. The van der Waals surface area contributed by atoms with Gasteiger partial charge >= 0.3 is 0 Å². The van der Waals surface area contributed by atoms with Crippen molar-refractivity contribution >= 4 is 29.6 Å². The van der Waals surface area contributed by atoms with Gasteiger partial charge in [-0.1, -0.05) is 77.6 Å². The first-order valence-electron chi connectivity index (χ1n) is 8.13. The highest BCUT2D eigenvalue weighted by atomic mass is 35.7. The molecule has 0 saturated heterocycles. The minimum Gasteiger partial charge on any atom is -0.393 e. The van der Waals surface area contributed by atoms with E-state index in [4.69, 9.17) is 22.2 Å². The molecule has 19 heavy (non-hydrogen) atoms. The van der Waals surface area contributed by atoms with Crippen LogP contribution in [0.15, 0.2) is 0 Å². The molecule has 0 spiro atoms. The smallest absolute Gasteiger partial charge is 0.239 e. The highest BCUT2D eigenvalue weighted by Crippen LogP contribution is 2.15. The van der Waals surface area contributed by atoms with Crippen molar-refractivity contribution in [1.82, 2.24) is 0 Å². The SMILES string of the molecule is CCCCCCCCCCCCCC(O)C[SiH](Cl)Cl. The molecule has 1 nitrogen and oxygen atoms in total. The third kappa shape index (κ3) is 16.7. The highest BCUT2D eigenvalue weighted by molar-refractivity contribution is 7.33. The summed E-state index contributed by atoms with van der Waals surface area (Å²) in [5.41, 5.74) is 0. The Hall–Kier alpha value is 0.757. The van der Waals surface area contributed by atoms with Crippen molar-refractivity contribution in [2.75, 3.05) is 0 Å². The fraction of sp³-hybridized carbons (Fsp3) is 1.00. The van der Waals surface area contributed by atoms with Gasteiger partial charge in [-0.25, -0.2) is 0 Å². The molecule has 0 aromatic heterocycles. The Morgan fingerprint density at radius 1 is 0.789 bits per heavy atom. The summed E-state index contributed by atoms with van der Waals surface area (Å²) in [6, 6.07) is 0.640. The van der Waals surface area contributed by atoms with Crippen molar-refractivity contribution in [3.63, 3.8) is 0 Å². The van der Waals surface area contributed by atoms with Crippen LogP contribution >= 0.6 is 22.2 Å². The van der Waals surface area contributed by atoms with E-state index in [0.717, 1.165) is 12.8 Å². The molecule has 0 rings (SSSR count). The molecule has 0 heterocycles. The molecule has 4 heteroatoms. The second kappa shape index (κ2) is 15.2. The van der Waals surface area contributed by atoms with E-state index in [1.165, 1.54) is 64.2 Å². The van der Waals surface area contributed by atoms with Crippen LogP contribution in [0.3, 0.4) is 0 Å². The molecule has 0 amide bonds. The number of unbranched alkanes of at least 4 members (excludes halogenated alkanes) is 10. The molecule has 1 unspecified atom stereocenters. The van der Waals surface area contributed by atoms with Crippen molar-refractivity contribution < 1.29 is 5.11 Å². The first-order chi connectivity index (χ1) is 9.16. The summed E-state index contributed by atoms with van der Waals surface area (Å²) in [7, 11) is -1.62. The molecule has 0 saturated carbocycles. The summed E-state index contributed by atoms with van der Waals surface area (Å²) in [4.78, 5) is 0. The van der Waals surface area contributed by atoms with Gasteiger partial charge in [-0.05, 0) is 12.5 Å². The van der Waals surface area contributed by atoms with E-state index < -0.39 is 7.42 Å². The third-order valence-electron chi connectivity index (χ3n) is 3.59. The third-order valence-corrected chi connectivity index (χ3v) is 5.56. The molecule has 1 N–H and O–H groups in total. The lowest BCUT2D eigenvalue weighted by Crippen LogP contribution is -2.11. The van der Waals surface area contributed by atoms with Crippen LogP contribution in [-0.2, 0) is 0 Å². The van der Waals surface area contributed by atoms with Gasteiger partial charge in [0.15, 0.2) is 0 Å². The molecule has 0 radical (unpaired) electrons. The van der Waals surface area contributed by atoms with E-state index in [1.54, 1.807) is 0 Å². The summed E-state index contributed by atoms with van der Waals surface area (Å²) in [5.74, 6) is 0. The maximum Gasteiger partial charge on any atom is 0.239 e. The molecular weight excluding hydrogens is 295 g/mol. The summed E-state index contributed by atoms with van der Waals surface area (Å²) >= 11 is 11.5. The van der Waals surface area contributed by atoms with Gasteiger partial charge in [-0.3, -0.25) is 0 Å². The van der Waals surface area contributed by atoms with E-state index in [-0.39, 0.29) is 6.10 Å². The predicted octanol–water partition coefficient (Wildman–Crippen LogP) is 5.75. The lowest BCUT2D eigenvalue weighted by Gasteiger charge is -2.09. The average Bonchev–Trinajstić information content (AvgIpc) is 2.35. The van der Waals surface area contributed by atoms with Crippen molar-refractivity contribution in [1.29, 1.82) is 0 Å². The van der Waals surface area contributed by atoms with Crippen LogP contribution in [-0.4, -0.2) is 18.6 Å². The lowest BCUT2D eigenvalue weighted by molar-refractivity contribution is 0.180. The van der Waals surface area contributed by atoms with Crippen LogP contribution in [0.2, 0.25) is 6.04 Å². The van der Waals surface area contributed by atoms with Gasteiger partial charge in [0.1, 0.15) is 0 Å². The standard InChI is InChI=1S/C15H32Cl2OSi/c1-2-3-4-5-6-7-8-9-10-11-12-13-15(18)14-19(16)17/h15,18-19H,2-14H2,1H3. The van der Waals surface area contributed by atoms with Crippen LogP contribution in [0.1, 0.15) is 84.0 Å². The van der Waals surface area contributed by atoms with Crippen molar-refractivity contribution in [2.24, 2.45) is 0 Å². The highest BCUT2D eigenvalue weighted by Gasteiger charge is 2.10. The number of hydrogen-bond acceptors (Lipinski definition) is 1. The first kappa shape index (κ1) is 19.8. The summed E-state index contributed by atoms with van der Waals surface area (Å²) < 4.78 is 0. The van der Waals surface area contributed by atoms with Gasteiger partial charge < -0.3 is 5.11 Å². The second-order valence-electron chi connectivity index (χ2n) is 5.60. The minimum absolute atomic E-state index is 0.259. The van der Waals surface area contributed by atoms with Crippen LogP contribution in [0.25, 0.3) is 0 Å². The number of rotatable bonds is 14. The zero-order valence-electron chi connectivity index (χ0n) is 12.6. The van der Waals surface area contributed by atoms with E-state index in [9.17, 15) is 5.11 Å². The summed E-state index contributed by atoms with van der Waals surface area (Å²) in [6.07, 6.45) is 15.4. The molecule has 0 aliphatic heterocycles. The number of aliphatic hydroxyl groups excluding tert-OH is 1. The largest absolute Gasteiger partial charge is 0.393 e. The Kier molecular flexibility index (Phi) is 15.8. The Labute approximate surface area is 131 Å². The van der Waals surface area contributed by atoms with Crippen LogP contribution in [0.4, 0.5) is 0 Å². The normalized spacial score (nSPS) is 13.1. The van der Waals surface area contributed by atoms with Crippen molar-refractivity contribution in [3.05, 3.63) is 0 Å². The topological polar surface area (TPSA) is 20.2 Å². The van der Waals surface area contributed by atoms with Crippen LogP contribution < -0.4 is 0 Å². The Morgan fingerprint density at radius 2 is 1.21 bits per heavy atom. The second-order valence-corrected chi connectivity index (χ2v) is 10.7. The van der Waals surface area contributed by atoms with E-state index >= 15 is 0 Å². The Balaban J connectivity index is 3.06. The minimum atomic E-state index is -1.62. The van der Waals surface area contributed by atoms with E-state index in [1.807, 2.05) is 0 Å². The lowest BCUT2D eigenvalue weighted by atomic mass is 10.0. The van der Waals surface area contributed by atoms with Crippen LogP contribution in [0.5, 0.6) is 0 Å². The van der Waals surface area contributed by atoms with Crippen molar-refractivity contribution in [3.8, 4) is 0 Å². The molecule has 116 valence electrons. The fourth-order valence-electron chi connectivity index (χ4n) is 2.37. The summed E-state index contributed by atoms with van der Waals surface area (Å²) in [6.45, 7) is 2.26. The van der Waals surface area contributed by atoms with Crippen molar-refractivity contribution in [2.45, 2.75) is 96.1 Å². The van der Waals surface area contributed by atoms with E-state index in [2.05, 4.69) is 6.92 Å². The Morgan fingerprint density at radius 3 is 1.63 bits per heavy atom. The van der Waals surface area contributed by atoms with E-state index in [0.29, 0.717) is 6.04 Å². The van der Waals surface area contributed by atoms with Gasteiger partial charge in [-0.15, -0.1) is 0 Å². The van der Waals surface area contributed by atoms with Crippen LogP contribution in [0, 0.1) is 0 Å². The fourth-order valence-corrected chi connectivity index (χ4v) is 4.25. The van der Waals surface area contributed by atoms with Gasteiger partial charge in [0.2, 0.25) is 7.42 Å². The summed E-state index contributed by atoms with van der Waals surface area (Å²) in [5, 5.41) is 9.63. The quantitative estimate of drug-likeness (QED) is 0.245.